The van der Waals surface area contributed by atoms with Gasteiger partial charge in [-0.1, -0.05) is 54.6 Å². The van der Waals surface area contributed by atoms with Gasteiger partial charge in [0.1, 0.15) is 5.82 Å². The molecule has 0 fully saturated rings. The standard InChI is InChI=1S/C23H27N5O2S/c1-5-17-8-6-7-9-19(17)25-22(30)14-31-23-27-26-20(28(23)4)13-21(29)24-18-11-10-15(2)12-16(18)3/h6-12H,5,13-14H2,1-4H3,(H,24,29)(H,25,30). The fourth-order valence-corrected chi connectivity index (χ4v) is 3.91. The van der Waals surface area contributed by atoms with Crippen LogP contribution in [0.2, 0.25) is 0 Å². The molecule has 0 bridgehead atoms. The molecule has 1 heterocycles. The van der Waals surface area contributed by atoms with Gasteiger partial charge >= 0.3 is 0 Å². The van der Waals surface area contributed by atoms with Crippen LogP contribution >= 0.6 is 11.8 Å². The molecule has 0 aliphatic heterocycles. The first-order chi connectivity index (χ1) is 14.9. The van der Waals surface area contributed by atoms with Crippen LogP contribution in [0.3, 0.4) is 0 Å². The molecule has 2 aromatic carbocycles. The minimum absolute atomic E-state index is 0.105. The van der Waals surface area contributed by atoms with Crippen LogP contribution in [0.25, 0.3) is 0 Å². The van der Waals surface area contributed by atoms with E-state index in [0.29, 0.717) is 11.0 Å². The lowest BCUT2D eigenvalue weighted by Gasteiger charge is -2.10. The lowest BCUT2D eigenvalue weighted by Crippen LogP contribution is -2.18. The number of carbonyl (C=O) groups excluding carboxylic acids is 2. The third-order valence-electron chi connectivity index (χ3n) is 4.90. The minimum Gasteiger partial charge on any atom is -0.325 e. The summed E-state index contributed by atoms with van der Waals surface area (Å²) in [6.07, 6.45) is 0.952. The van der Waals surface area contributed by atoms with Gasteiger partial charge < -0.3 is 15.2 Å². The zero-order valence-corrected chi connectivity index (χ0v) is 19.0. The van der Waals surface area contributed by atoms with Crippen molar-refractivity contribution in [3.05, 3.63) is 65.0 Å². The molecule has 7 nitrogen and oxygen atoms in total. The SMILES string of the molecule is CCc1ccccc1NC(=O)CSc1nnc(CC(=O)Nc2ccc(C)cc2C)n1C. The molecule has 162 valence electrons. The molecule has 0 aliphatic rings. The van der Waals surface area contributed by atoms with Gasteiger partial charge in [-0.15, -0.1) is 10.2 Å². The Kier molecular flexibility index (Phi) is 7.46. The number of hydrogen-bond donors (Lipinski definition) is 2. The number of anilines is 2. The summed E-state index contributed by atoms with van der Waals surface area (Å²) >= 11 is 1.29. The van der Waals surface area contributed by atoms with E-state index in [2.05, 4.69) is 27.8 Å². The zero-order valence-electron chi connectivity index (χ0n) is 18.2. The first-order valence-corrected chi connectivity index (χ1v) is 11.1. The Labute approximate surface area is 186 Å². The van der Waals surface area contributed by atoms with E-state index in [0.717, 1.165) is 34.5 Å². The van der Waals surface area contributed by atoms with Crippen LogP contribution < -0.4 is 10.6 Å². The molecular weight excluding hydrogens is 410 g/mol. The highest BCUT2D eigenvalue weighted by molar-refractivity contribution is 7.99. The van der Waals surface area contributed by atoms with E-state index < -0.39 is 0 Å². The number of nitrogens with zero attached hydrogens (tertiary/aromatic N) is 3. The monoisotopic (exact) mass is 437 g/mol. The second kappa shape index (κ2) is 10.3. The van der Waals surface area contributed by atoms with E-state index >= 15 is 0 Å². The molecule has 0 saturated carbocycles. The third kappa shape index (κ3) is 5.95. The first kappa shape index (κ1) is 22.6. The molecule has 31 heavy (non-hydrogen) atoms. The van der Waals surface area contributed by atoms with Crippen molar-refractivity contribution < 1.29 is 9.59 Å². The number of hydrogen-bond acceptors (Lipinski definition) is 5. The Morgan fingerprint density at radius 3 is 2.48 bits per heavy atom. The summed E-state index contributed by atoms with van der Waals surface area (Å²) in [5.74, 6) is 0.483. The molecule has 0 radical (unpaired) electrons. The molecule has 0 aliphatic carbocycles. The van der Waals surface area contributed by atoms with E-state index in [1.165, 1.54) is 11.8 Å². The summed E-state index contributed by atoms with van der Waals surface area (Å²) in [6, 6.07) is 13.6. The van der Waals surface area contributed by atoms with Crippen LogP contribution in [0.15, 0.2) is 47.6 Å². The van der Waals surface area contributed by atoms with Gasteiger partial charge in [-0.05, 0) is 43.5 Å². The minimum atomic E-state index is -0.159. The lowest BCUT2D eigenvalue weighted by atomic mass is 10.1. The van der Waals surface area contributed by atoms with E-state index in [-0.39, 0.29) is 24.0 Å². The van der Waals surface area contributed by atoms with Gasteiger partial charge in [-0.3, -0.25) is 9.59 Å². The molecule has 0 unspecified atom stereocenters. The molecule has 0 atom stereocenters. The number of rotatable bonds is 8. The molecule has 3 rings (SSSR count). The fraction of sp³-hybridized carbons (Fsp3) is 0.304. The number of amides is 2. The van der Waals surface area contributed by atoms with Gasteiger partial charge in [0.25, 0.3) is 0 Å². The second-order valence-electron chi connectivity index (χ2n) is 7.35. The topological polar surface area (TPSA) is 88.9 Å². The smallest absolute Gasteiger partial charge is 0.234 e. The maximum atomic E-state index is 12.4. The van der Waals surface area contributed by atoms with Crippen LogP contribution in [0, 0.1) is 13.8 Å². The molecule has 8 heteroatoms. The van der Waals surface area contributed by atoms with E-state index in [4.69, 9.17) is 0 Å². The summed E-state index contributed by atoms with van der Waals surface area (Å²) in [5, 5.41) is 14.7. The summed E-state index contributed by atoms with van der Waals surface area (Å²) in [6.45, 7) is 6.03. The maximum absolute atomic E-state index is 12.4. The summed E-state index contributed by atoms with van der Waals surface area (Å²) in [7, 11) is 1.80. The van der Waals surface area contributed by atoms with Crippen molar-refractivity contribution in [2.45, 2.75) is 38.8 Å². The normalized spacial score (nSPS) is 10.7. The third-order valence-corrected chi connectivity index (χ3v) is 5.92. The van der Waals surface area contributed by atoms with Crippen LogP contribution in [0.4, 0.5) is 11.4 Å². The predicted octanol–water partition coefficient (Wildman–Crippen LogP) is 3.91. The highest BCUT2D eigenvalue weighted by Crippen LogP contribution is 2.20. The van der Waals surface area contributed by atoms with Crippen LogP contribution in [0.1, 0.15) is 29.4 Å². The van der Waals surface area contributed by atoms with Crippen molar-refractivity contribution in [2.75, 3.05) is 16.4 Å². The first-order valence-electron chi connectivity index (χ1n) is 10.1. The Bertz CT molecular complexity index is 1090. The van der Waals surface area contributed by atoms with Gasteiger partial charge in [0.2, 0.25) is 11.8 Å². The van der Waals surface area contributed by atoms with Gasteiger partial charge in [0.05, 0.1) is 12.2 Å². The van der Waals surface area contributed by atoms with Crippen LogP contribution in [-0.4, -0.2) is 32.3 Å². The Balaban J connectivity index is 1.56. The number of thioether (sulfide) groups is 1. The molecule has 3 aromatic rings. The molecule has 2 N–H and O–H groups in total. The summed E-state index contributed by atoms with van der Waals surface area (Å²) in [4.78, 5) is 24.8. The van der Waals surface area contributed by atoms with Gasteiger partial charge in [0, 0.05) is 18.4 Å². The van der Waals surface area contributed by atoms with Crippen molar-refractivity contribution in [1.82, 2.24) is 14.8 Å². The quantitative estimate of drug-likeness (QED) is 0.522. The average Bonchev–Trinajstić information content (AvgIpc) is 3.08. The lowest BCUT2D eigenvalue weighted by molar-refractivity contribution is -0.116. The van der Waals surface area contributed by atoms with E-state index in [1.54, 1.807) is 11.6 Å². The Morgan fingerprint density at radius 2 is 1.74 bits per heavy atom. The van der Waals surface area contributed by atoms with E-state index in [9.17, 15) is 9.59 Å². The number of carbonyl (C=O) groups is 2. The number of para-hydroxylation sites is 1. The second-order valence-corrected chi connectivity index (χ2v) is 8.29. The average molecular weight is 438 g/mol. The number of benzene rings is 2. The maximum Gasteiger partial charge on any atom is 0.234 e. The van der Waals surface area contributed by atoms with Crippen molar-refractivity contribution >= 4 is 35.0 Å². The fourth-order valence-electron chi connectivity index (χ4n) is 3.18. The molecule has 0 saturated heterocycles. The van der Waals surface area contributed by atoms with Gasteiger partial charge in [-0.25, -0.2) is 0 Å². The highest BCUT2D eigenvalue weighted by atomic mass is 32.2. The number of nitrogens with one attached hydrogen (secondary N) is 2. The molecule has 0 spiro atoms. The van der Waals surface area contributed by atoms with Gasteiger partial charge in [-0.2, -0.15) is 0 Å². The van der Waals surface area contributed by atoms with Crippen LogP contribution in [0.5, 0.6) is 0 Å². The van der Waals surface area contributed by atoms with E-state index in [1.807, 2.05) is 56.3 Å². The number of aromatic nitrogens is 3. The summed E-state index contributed by atoms with van der Waals surface area (Å²) < 4.78 is 1.75. The molecule has 1 aromatic heterocycles. The summed E-state index contributed by atoms with van der Waals surface area (Å²) in [5.41, 5.74) is 4.87. The van der Waals surface area contributed by atoms with Crippen molar-refractivity contribution in [3.63, 3.8) is 0 Å². The largest absolute Gasteiger partial charge is 0.325 e. The molecular formula is C23H27N5O2S. The predicted molar refractivity (Wildman–Crippen MR) is 124 cm³/mol. The van der Waals surface area contributed by atoms with Gasteiger partial charge in [0.15, 0.2) is 5.16 Å². The van der Waals surface area contributed by atoms with Crippen molar-refractivity contribution in [1.29, 1.82) is 0 Å². The van der Waals surface area contributed by atoms with Crippen molar-refractivity contribution in [3.8, 4) is 0 Å². The highest BCUT2D eigenvalue weighted by Gasteiger charge is 2.15. The Morgan fingerprint density at radius 1 is 1.00 bits per heavy atom. The molecule has 2 amide bonds. The zero-order chi connectivity index (χ0) is 22.4. The van der Waals surface area contributed by atoms with Crippen LogP contribution in [-0.2, 0) is 29.5 Å². The van der Waals surface area contributed by atoms with Crippen molar-refractivity contribution in [2.24, 2.45) is 7.05 Å². The Hall–Kier alpha value is -3.13. The number of aryl methyl sites for hydroxylation is 3.